The van der Waals surface area contributed by atoms with Gasteiger partial charge in [0.25, 0.3) is 0 Å². The number of anilines is 1. The molecule has 4 aromatic rings. The number of hydrogen-bond acceptors (Lipinski definition) is 6. The number of nitrogens with zero attached hydrogens (tertiary/aromatic N) is 7. The van der Waals surface area contributed by atoms with Crippen LogP contribution in [0.3, 0.4) is 0 Å². The molecule has 0 amide bonds. The van der Waals surface area contributed by atoms with Crippen LogP contribution in [0, 0.1) is 0 Å². The molecule has 0 fully saturated rings. The van der Waals surface area contributed by atoms with Crippen LogP contribution in [0.5, 0.6) is 0 Å². The van der Waals surface area contributed by atoms with Crippen LogP contribution in [0.1, 0.15) is 18.7 Å². The molecule has 3 aromatic heterocycles. The maximum atomic E-state index is 12.2. The predicted molar refractivity (Wildman–Crippen MR) is 104 cm³/mol. The Balaban J connectivity index is 1.45. The van der Waals surface area contributed by atoms with E-state index in [1.807, 2.05) is 36.4 Å². The SMILES string of the molecule is Cn1nc2n(c1=O)CCC(Nc1cc(-c3ccccc3)nn3cnnc13)CC2. The molecule has 0 radical (unpaired) electrons. The Labute approximate surface area is 160 Å². The summed E-state index contributed by atoms with van der Waals surface area (Å²) < 4.78 is 4.89. The third-order valence-electron chi connectivity index (χ3n) is 5.20. The summed E-state index contributed by atoms with van der Waals surface area (Å²) in [7, 11) is 1.70. The van der Waals surface area contributed by atoms with Gasteiger partial charge in [0.1, 0.15) is 12.2 Å². The Morgan fingerprint density at radius 3 is 2.86 bits per heavy atom. The van der Waals surface area contributed by atoms with Crippen molar-refractivity contribution in [3.05, 3.63) is 59.0 Å². The fraction of sp³-hybridized carbons (Fsp3) is 0.316. The van der Waals surface area contributed by atoms with Gasteiger partial charge < -0.3 is 5.32 Å². The van der Waals surface area contributed by atoms with Gasteiger partial charge in [0.05, 0.1) is 11.4 Å². The molecule has 4 heterocycles. The number of aromatic nitrogens is 7. The van der Waals surface area contributed by atoms with Crippen molar-refractivity contribution in [1.29, 1.82) is 0 Å². The first-order valence-electron chi connectivity index (χ1n) is 9.35. The highest BCUT2D eigenvalue weighted by atomic mass is 16.2. The highest BCUT2D eigenvalue weighted by molar-refractivity contribution is 5.73. The first kappa shape index (κ1) is 16.7. The summed E-state index contributed by atoms with van der Waals surface area (Å²) in [6, 6.07) is 12.3. The molecule has 1 aliphatic rings. The minimum atomic E-state index is -0.0502. The zero-order valence-electron chi connectivity index (χ0n) is 15.5. The van der Waals surface area contributed by atoms with E-state index in [9.17, 15) is 4.79 Å². The highest BCUT2D eigenvalue weighted by Gasteiger charge is 2.21. The number of nitrogens with one attached hydrogen (secondary N) is 1. The van der Waals surface area contributed by atoms with E-state index in [4.69, 9.17) is 0 Å². The van der Waals surface area contributed by atoms with Crippen LogP contribution >= 0.6 is 0 Å². The zero-order chi connectivity index (χ0) is 19.1. The molecule has 0 aliphatic carbocycles. The normalized spacial score (nSPS) is 16.7. The summed E-state index contributed by atoms with van der Waals surface area (Å²) >= 11 is 0. The minimum Gasteiger partial charge on any atom is -0.379 e. The van der Waals surface area contributed by atoms with E-state index in [1.165, 1.54) is 4.68 Å². The largest absolute Gasteiger partial charge is 0.379 e. The fourth-order valence-electron chi connectivity index (χ4n) is 3.74. The molecule has 28 heavy (non-hydrogen) atoms. The van der Waals surface area contributed by atoms with E-state index in [2.05, 4.69) is 25.7 Å². The highest BCUT2D eigenvalue weighted by Crippen LogP contribution is 2.25. The molecule has 1 N–H and O–H groups in total. The maximum Gasteiger partial charge on any atom is 0.345 e. The molecule has 1 aliphatic heterocycles. The number of aryl methyl sites for hydroxylation is 2. The van der Waals surface area contributed by atoms with Crippen LogP contribution in [0.4, 0.5) is 5.69 Å². The van der Waals surface area contributed by atoms with E-state index in [0.29, 0.717) is 12.2 Å². The van der Waals surface area contributed by atoms with Crippen LogP contribution in [0.2, 0.25) is 0 Å². The van der Waals surface area contributed by atoms with E-state index < -0.39 is 0 Å². The number of fused-ring (bicyclic) bond motifs is 2. The summed E-state index contributed by atoms with van der Waals surface area (Å²) in [6.45, 7) is 0.652. The number of benzene rings is 1. The van der Waals surface area contributed by atoms with E-state index in [1.54, 1.807) is 22.5 Å². The van der Waals surface area contributed by atoms with Crippen molar-refractivity contribution in [2.45, 2.75) is 31.8 Å². The molecule has 1 aromatic carbocycles. The topological polar surface area (TPSA) is 94.9 Å². The van der Waals surface area contributed by atoms with Crippen molar-refractivity contribution in [1.82, 2.24) is 34.2 Å². The standard InChI is InChI=1S/C19H20N8O/c1-25-19(28)26-10-9-14(7-8-17(26)24-25)21-16-11-15(13-5-3-2-4-6-13)23-27-12-20-22-18(16)27/h2-6,11-12,14,21H,7-10H2,1H3. The molecule has 1 atom stereocenters. The summed E-state index contributed by atoms with van der Waals surface area (Å²) in [4.78, 5) is 12.2. The molecular formula is C19H20N8O. The van der Waals surface area contributed by atoms with Crippen molar-refractivity contribution in [3.8, 4) is 11.3 Å². The predicted octanol–water partition coefficient (Wildman–Crippen LogP) is 1.50. The quantitative estimate of drug-likeness (QED) is 0.582. The number of hydrogen-bond donors (Lipinski definition) is 1. The first-order chi connectivity index (χ1) is 13.7. The van der Waals surface area contributed by atoms with E-state index in [-0.39, 0.29) is 11.7 Å². The molecule has 142 valence electrons. The van der Waals surface area contributed by atoms with Crippen molar-refractivity contribution in [2.24, 2.45) is 7.05 Å². The van der Waals surface area contributed by atoms with Gasteiger partial charge in [-0.2, -0.15) is 14.7 Å². The van der Waals surface area contributed by atoms with Crippen LogP contribution in [-0.2, 0) is 20.0 Å². The Hall–Kier alpha value is -3.49. The molecule has 0 saturated carbocycles. The second kappa shape index (κ2) is 6.59. The van der Waals surface area contributed by atoms with E-state index in [0.717, 1.165) is 42.0 Å². The van der Waals surface area contributed by atoms with Crippen molar-refractivity contribution in [3.63, 3.8) is 0 Å². The third kappa shape index (κ3) is 2.84. The van der Waals surface area contributed by atoms with Gasteiger partial charge in [0, 0.05) is 31.6 Å². The Kier molecular flexibility index (Phi) is 3.92. The number of rotatable bonds is 3. The molecule has 9 heteroatoms. The average molecular weight is 376 g/mol. The molecule has 5 rings (SSSR count). The third-order valence-corrected chi connectivity index (χ3v) is 5.20. The van der Waals surface area contributed by atoms with Crippen molar-refractivity contribution >= 4 is 11.3 Å². The lowest BCUT2D eigenvalue weighted by Crippen LogP contribution is -2.25. The first-order valence-corrected chi connectivity index (χ1v) is 9.35. The van der Waals surface area contributed by atoms with Gasteiger partial charge in [-0.1, -0.05) is 30.3 Å². The van der Waals surface area contributed by atoms with Gasteiger partial charge in [-0.3, -0.25) is 4.57 Å². The maximum absolute atomic E-state index is 12.2. The Morgan fingerprint density at radius 1 is 1.14 bits per heavy atom. The molecule has 1 unspecified atom stereocenters. The lowest BCUT2D eigenvalue weighted by molar-refractivity contribution is 0.561. The molecule has 9 nitrogen and oxygen atoms in total. The lowest BCUT2D eigenvalue weighted by Gasteiger charge is -2.18. The fourth-order valence-corrected chi connectivity index (χ4v) is 3.74. The van der Waals surface area contributed by atoms with Crippen LogP contribution in [-0.4, -0.2) is 40.2 Å². The molecular weight excluding hydrogens is 356 g/mol. The van der Waals surface area contributed by atoms with Crippen molar-refractivity contribution in [2.75, 3.05) is 5.32 Å². The van der Waals surface area contributed by atoms with Gasteiger partial charge in [-0.25, -0.2) is 9.48 Å². The van der Waals surface area contributed by atoms with Crippen LogP contribution < -0.4 is 11.0 Å². The molecule has 0 bridgehead atoms. The van der Waals surface area contributed by atoms with Gasteiger partial charge in [0.2, 0.25) is 5.65 Å². The monoisotopic (exact) mass is 376 g/mol. The van der Waals surface area contributed by atoms with Gasteiger partial charge in [0.15, 0.2) is 0 Å². The van der Waals surface area contributed by atoms with Gasteiger partial charge in [-0.05, 0) is 18.9 Å². The Morgan fingerprint density at radius 2 is 2.00 bits per heavy atom. The second-order valence-corrected chi connectivity index (χ2v) is 7.05. The second-order valence-electron chi connectivity index (χ2n) is 7.05. The zero-order valence-corrected chi connectivity index (χ0v) is 15.5. The molecule has 0 saturated heterocycles. The summed E-state index contributed by atoms with van der Waals surface area (Å²) in [5.74, 6) is 0.851. The van der Waals surface area contributed by atoms with Gasteiger partial charge >= 0.3 is 5.69 Å². The smallest absolute Gasteiger partial charge is 0.345 e. The Bertz CT molecular complexity index is 1190. The minimum absolute atomic E-state index is 0.0502. The molecule has 0 spiro atoms. The van der Waals surface area contributed by atoms with Crippen molar-refractivity contribution < 1.29 is 0 Å². The summed E-state index contributed by atoms with van der Waals surface area (Å²) in [6.07, 6.45) is 4.09. The van der Waals surface area contributed by atoms with Crippen LogP contribution in [0.15, 0.2) is 47.5 Å². The summed E-state index contributed by atoms with van der Waals surface area (Å²) in [5, 5.41) is 20.8. The lowest BCUT2D eigenvalue weighted by atomic mass is 10.1. The van der Waals surface area contributed by atoms with Gasteiger partial charge in [-0.15, -0.1) is 10.2 Å². The average Bonchev–Trinajstić information content (AvgIpc) is 3.23. The van der Waals surface area contributed by atoms with E-state index >= 15 is 0 Å². The summed E-state index contributed by atoms with van der Waals surface area (Å²) in [5.41, 5.74) is 3.42. The van der Waals surface area contributed by atoms with Crippen LogP contribution in [0.25, 0.3) is 16.9 Å².